The Morgan fingerprint density at radius 2 is 2.05 bits per heavy atom. The summed E-state index contributed by atoms with van der Waals surface area (Å²) in [5.74, 6) is 0. The molecule has 1 aliphatic heterocycles. The van der Waals surface area contributed by atoms with E-state index >= 15 is 0 Å². The topological polar surface area (TPSA) is 36.9 Å². The molecule has 0 aromatic rings. The average molecular weight is 300 g/mol. The van der Waals surface area contributed by atoms with E-state index in [1.54, 1.807) is 0 Å². The summed E-state index contributed by atoms with van der Waals surface area (Å²) in [5.41, 5.74) is 0. The first-order chi connectivity index (χ1) is 10.3. The number of allylic oxidation sites excluding steroid dienone is 1. The van der Waals surface area contributed by atoms with E-state index in [2.05, 4.69) is 13.0 Å². The van der Waals surface area contributed by atoms with Crippen LogP contribution in [0.3, 0.4) is 0 Å². The van der Waals surface area contributed by atoms with Crippen LogP contribution in [-0.2, 0) is 19.2 Å². The highest BCUT2D eigenvalue weighted by Crippen LogP contribution is 2.17. The molecule has 1 heterocycles. The normalized spacial score (nSPS) is 21.0. The largest absolute Gasteiger partial charge is 0.353 e. The molecule has 0 N–H and O–H groups in total. The van der Waals surface area contributed by atoms with Crippen molar-refractivity contribution in [2.75, 3.05) is 19.8 Å². The van der Waals surface area contributed by atoms with Crippen molar-refractivity contribution in [3.8, 4) is 0 Å². The third-order valence-electron chi connectivity index (χ3n) is 3.54. The fraction of sp³-hybridized carbons (Fsp3) is 0.882. The van der Waals surface area contributed by atoms with Crippen molar-refractivity contribution < 1.29 is 19.2 Å². The molecule has 1 aliphatic rings. The Balaban J connectivity index is 1.86. The Morgan fingerprint density at radius 3 is 2.81 bits per heavy atom. The summed E-state index contributed by atoms with van der Waals surface area (Å²) in [7, 11) is 0. The van der Waals surface area contributed by atoms with E-state index in [4.69, 9.17) is 19.2 Å². The predicted molar refractivity (Wildman–Crippen MR) is 83.9 cm³/mol. The Bertz CT molecular complexity index is 249. The summed E-state index contributed by atoms with van der Waals surface area (Å²) >= 11 is 0. The molecule has 0 aromatic carbocycles. The Labute approximate surface area is 129 Å². The molecular weight excluding hydrogens is 268 g/mol. The molecule has 1 rings (SSSR count). The fourth-order valence-electron chi connectivity index (χ4n) is 2.37. The van der Waals surface area contributed by atoms with Crippen LogP contribution in [0.25, 0.3) is 0 Å². The van der Waals surface area contributed by atoms with Crippen LogP contribution in [-0.4, -0.2) is 32.2 Å². The Hall–Kier alpha value is -0.420. The molecule has 1 unspecified atom stereocenters. The highest BCUT2D eigenvalue weighted by atomic mass is 17.2. The average Bonchev–Trinajstić information content (AvgIpc) is 2.50. The van der Waals surface area contributed by atoms with Crippen molar-refractivity contribution >= 4 is 0 Å². The zero-order valence-electron chi connectivity index (χ0n) is 13.7. The molecule has 2 atom stereocenters. The van der Waals surface area contributed by atoms with Gasteiger partial charge in [0.25, 0.3) is 0 Å². The molecule has 0 spiro atoms. The van der Waals surface area contributed by atoms with Gasteiger partial charge in [0.1, 0.15) is 6.61 Å². The molecule has 1 saturated heterocycles. The van der Waals surface area contributed by atoms with E-state index in [9.17, 15) is 0 Å². The minimum atomic E-state index is 0.0435. The van der Waals surface area contributed by atoms with Gasteiger partial charge in [0.2, 0.25) is 0 Å². The van der Waals surface area contributed by atoms with Crippen LogP contribution in [0.4, 0.5) is 0 Å². The lowest BCUT2D eigenvalue weighted by molar-refractivity contribution is -0.282. The fourth-order valence-corrected chi connectivity index (χ4v) is 2.37. The highest BCUT2D eigenvalue weighted by Gasteiger charge is 2.16. The second-order valence-corrected chi connectivity index (χ2v) is 5.54. The highest BCUT2D eigenvalue weighted by molar-refractivity contribution is 4.80. The molecule has 4 heteroatoms. The summed E-state index contributed by atoms with van der Waals surface area (Å²) < 4.78 is 11.5. The van der Waals surface area contributed by atoms with E-state index in [0.717, 1.165) is 25.9 Å². The molecule has 21 heavy (non-hydrogen) atoms. The van der Waals surface area contributed by atoms with Crippen molar-refractivity contribution in [2.45, 2.75) is 77.6 Å². The number of hydrogen-bond donors (Lipinski definition) is 0. The van der Waals surface area contributed by atoms with Crippen molar-refractivity contribution in [1.29, 1.82) is 0 Å². The number of rotatable bonds is 12. The van der Waals surface area contributed by atoms with Crippen molar-refractivity contribution in [2.24, 2.45) is 0 Å². The Kier molecular flexibility index (Phi) is 11.8. The number of hydrogen-bond acceptors (Lipinski definition) is 4. The van der Waals surface area contributed by atoms with Gasteiger partial charge in [0, 0.05) is 6.61 Å². The van der Waals surface area contributed by atoms with Gasteiger partial charge in [0.05, 0.1) is 12.7 Å². The smallest absolute Gasteiger partial charge is 0.157 e. The van der Waals surface area contributed by atoms with Crippen LogP contribution in [0.2, 0.25) is 0 Å². The molecule has 0 aromatic heterocycles. The van der Waals surface area contributed by atoms with Gasteiger partial charge in [-0.3, -0.25) is 0 Å². The van der Waals surface area contributed by atoms with Crippen LogP contribution >= 0.6 is 0 Å². The quantitative estimate of drug-likeness (QED) is 0.232. The van der Waals surface area contributed by atoms with Gasteiger partial charge >= 0.3 is 0 Å². The number of ether oxygens (including phenoxy) is 2. The van der Waals surface area contributed by atoms with Gasteiger partial charge in [0.15, 0.2) is 6.29 Å². The molecule has 124 valence electrons. The van der Waals surface area contributed by atoms with Gasteiger partial charge in [-0.05, 0) is 52.4 Å². The first-order valence-electron chi connectivity index (χ1n) is 8.49. The summed E-state index contributed by atoms with van der Waals surface area (Å²) in [6.45, 7) is 6.06. The zero-order chi connectivity index (χ0) is 15.2. The Morgan fingerprint density at radius 1 is 1.14 bits per heavy atom. The SMILES string of the molecule is CCOOC/C=C/CCCCC[C@@H](C)OC1CCCCO1. The molecular formula is C17H32O4. The van der Waals surface area contributed by atoms with Gasteiger partial charge < -0.3 is 9.47 Å². The zero-order valence-corrected chi connectivity index (χ0v) is 13.7. The van der Waals surface area contributed by atoms with Crippen molar-refractivity contribution in [3.05, 3.63) is 12.2 Å². The third-order valence-corrected chi connectivity index (χ3v) is 3.54. The van der Waals surface area contributed by atoms with Gasteiger partial charge in [-0.15, -0.1) is 0 Å². The van der Waals surface area contributed by atoms with Crippen LogP contribution in [0.15, 0.2) is 12.2 Å². The van der Waals surface area contributed by atoms with Gasteiger partial charge in [-0.2, -0.15) is 0 Å². The summed E-state index contributed by atoms with van der Waals surface area (Å²) in [6.07, 6.45) is 13.9. The van der Waals surface area contributed by atoms with E-state index in [0.29, 0.717) is 19.3 Å². The summed E-state index contributed by atoms with van der Waals surface area (Å²) in [4.78, 5) is 9.69. The first kappa shape index (κ1) is 18.6. The molecule has 4 nitrogen and oxygen atoms in total. The number of unbranched alkanes of at least 4 members (excludes halogenated alkanes) is 3. The molecule has 0 saturated carbocycles. The standard InChI is InChI=1S/C17H32O4/c1-3-19-20-15-10-7-5-4-6-8-12-16(2)21-17-13-9-11-14-18-17/h7,10,16-17H,3-6,8-9,11-15H2,1-2H3/b10-7+/t16-,17?/m1/s1. The predicted octanol–water partition coefficient (Wildman–Crippen LogP) is 4.39. The molecule has 0 radical (unpaired) electrons. The minimum absolute atomic E-state index is 0.0435. The van der Waals surface area contributed by atoms with Crippen molar-refractivity contribution in [3.63, 3.8) is 0 Å². The molecule has 0 amide bonds. The van der Waals surface area contributed by atoms with E-state index in [1.807, 2.05) is 13.0 Å². The third kappa shape index (κ3) is 10.9. The second-order valence-electron chi connectivity index (χ2n) is 5.54. The summed E-state index contributed by atoms with van der Waals surface area (Å²) in [5, 5.41) is 0. The molecule has 1 fully saturated rings. The lowest BCUT2D eigenvalue weighted by Crippen LogP contribution is -2.26. The van der Waals surface area contributed by atoms with Crippen LogP contribution in [0.5, 0.6) is 0 Å². The monoisotopic (exact) mass is 300 g/mol. The van der Waals surface area contributed by atoms with E-state index in [-0.39, 0.29) is 6.29 Å². The molecule has 0 bridgehead atoms. The van der Waals surface area contributed by atoms with E-state index < -0.39 is 0 Å². The van der Waals surface area contributed by atoms with Crippen LogP contribution in [0, 0.1) is 0 Å². The van der Waals surface area contributed by atoms with Crippen LogP contribution < -0.4 is 0 Å². The molecule has 0 aliphatic carbocycles. The lowest BCUT2D eigenvalue weighted by atomic mass is 10.1. The maximum atomic E-state index is 5.91. The summed E-state index contributed by atoms with van der Waals surface area (Å²) in [6, 6.07) is 0. The maximum Gasteiger partial charge on any atom is 0.157 e. The van der Waals surface area contributed by atoms with E-state index in [1.165, 1.54) is 32.1 Å². The first-order valence-corrected chi connectivity index (χ1v) is 8.49. The van der Waals surface area contributed by atoms with Crippen molar-refractivity contribution in [1.82, 2.24) is 0 Å². The lowest BCUT2D eigenvalue weighted by Gasteiger charge is -2.26. The van der Waals surface area contributed by atoms with Crippen LogP contribution in [0.1, 0.15) is 65.2 Å². The second kappa shape index (κ2) is 13.3. The maximum absolute atomic E-state index is 5.91. The minimum Gasteiger partial charge on any atom is -0.353 e. The van der Waals surface area contributed by atoms with Gasteiger partial charge in [-0.1, -0.05) is 25.0 Å². The van der Waals surface area contributed by atoms with Gasteiger partial charge in [-0.25, -0.2) is 9.78 Å².